The largest absolute Gasteiger partial charge is 0.468 e. The Morgan fingerprint density at radius 1 is 1.36 bits per heavy atom. The van der Waals surface area contributed by atoms with Gasteiger partial charge in [-0.05, 0) is 6.42 Å². The van der Waals surface area contributed by atoms with Gasteiger partial charge in [0.15, 0.2) is 15.1 Å². The van der Waals surface area contributed by atoms with Crippen LogP contribution in [0.1, 0.15) is 32.6 Å². The fourth-order valence-electron chi connectivity index (χ4n) is 1.22. The van der Waals surface area contributed by atoms with Crippen molar-refractivity contribution < 1.29 is 17.9 Å². The Kier molecular flexibility index (Phi) is 5.76. The first-order valence-electron chi connectivity index (χ1n) is 4.70. The summed E-state index contributed by atoms with van der Waals surface area (Å²) in [6, 6.07) is 0. The van der Waals surface area contributed by atoms with Crippen LogP contribution in [-0.4, -0.2) is 33.0 Å². The molecule has 84 valence electrons. The predicted molar refractivity (Wildman–Crippen MR) is 54.8 cm³/mol. The van der Waals surface area contributed by atoms with E-state index in [0.29, 0.717) is 6.42 Å². The second kappa shape index (κ2) is 6.01. The van der Waals surface area contributed by atoms with E-state index in [1.165, 1.54) is 7.11 Å². The smallest absolute Gasteiger partial charge is 0.324 e. The van der Waals surface area contributed by atoms with Crippen molar-refractivity contribution >= 4 is 15.8 Å². The molecule has 0 fully saturated rings. The zero-order valence-electron chi connectivity index (χ0n) is 8.95. The summed E-state index contributed by atoms with van der Waals surface area (Å²) in [7, 11) is -2.12. The van der Waals surface area contributed by atoms with Crippen LogP contribution in [0.4, 0.5) is 0 Å². The number of esters is 1. The summed E-state index contributed by atoms with van der Waals surface area (Å²) in [4.78, 5) is 11.2. The molecule has 0 aliphatic carbocycles. The highest BCUT2D eigenvalue weighted by Crippen LogP contribution is 2.12. The molecule has 0 saturated carbocycles. The van der Waals surface area contributed by atoms with Gasteiger partial charge in [-0.3, -0.25) is 4.79 Å². The SMILES string of the molecule is CCCCCC(C(=O)OC)S(C)(=O)=O. The monoisotopic (exact) mass is 222 g/mol. The maximum atomic E-state index is 11.2. The molecule has 0 aromatic carbocycles. The van der Waals surface area contributed by atoms with Crippen LogP contribution in [0.5, 0.6) is 0 Å². The molecule has 5 heteroatoms. The van der Waals surface area contributed by atoms with Crippen molar-refractivity contribution in [2.75, 3.05) is 13.4 Å². The number of ether oxygens (including phenoxy) is 1. The number of rotatable bonds is 6. The molecule has 4 nitrogen and oxygen atoms in total. The number of unbranched alkanes of at least 4 members (excludes halogenated alkanes) is 2. The van der Waals surface area contributed by atoms with Gasteiger partial charge in [0.25, 0.3) is 0 Å². The third-order valence-corrected chi connectivity index (χ3v) is 3.51. The maximum absolute atomic E-state index is 11.2. The van der Waals surface area contributed by atoms with Crippen LogP contribution in [0.3, 0.4) is 0 Å². The van der Waals surface area contributed by atoms with Gasteiger partial charge in [0.2, 0.25) is 0 Å². The second-order valence-electron chi connectivity index (χ2n) is 3.34. The summed E-state index contributed by atoms with van der Waals surface area (Å²) in [6.45, 7) is 2.02. The number of hydrogen-bond acceptors (Lipinski definition) is 4. The van der Waals surface area contributed by atoms with E-state index >= 15 is 0 Å². The summed E-state index contributed by atoms with van der Waals surface area (Å²) in [5.74, 6) is -0.649. The van der Waals surface area contributed by atoms with E-state index in [2.05, 4.69) is 4.74 Å². The minimum atomic E-state index is -3.33. The number of hydrogen-bond donors (Lipinski definition) is 0. The van der Waals surface area contributed by atoms with E-state index in [0.717, 1.165) is 25.5 Å². The van der Waals surface area contributed by atoms with Gasteiger partial charge in [-0.2, -0.15) is 0 Å². The first-order valence-corrected chi connectivity index (χ1v) is 6.65. The minimum absolute atomic E-state index is 0.360. The zero-order chi connectivity index (χ0) is 11.2. The van der Waals surface area contributed by atoms with Gasteiger partial charge >= 0.3 is 5.97 Å². The highest BCUT2D eigenvalue weighted by atomic mass is 32.2. The lowest BCUT2D eigenvalue weighted by atomic mass is 10.1. The zero-order valence-corrected chi connectivity index (χ0v) is 9.76. The molecule has 0 N–H and O–H groups in total. The first kappa shape index (κ1) is 13.4. The Labute approximate surface area is 85.6 Å². The minimum Gasteiger partial charge on any atom is -0.468 e. The van der Waals surface area contributed by atoms with Crippen LogP contribution < -0.4 is 0 Å². The molecule has 0 aromatic rings. The number of carbonyl (C=O) groups excluding carboxylic acids is 1. The molecule has 14 heavy (non-hydrogen) atoms. The Morgan fingerprint density at radius 3 is 2.29 bits per heavy atom. The highest BCUT2D eigenvalue weighted by molar-refractivity contribution is 7.92. The topological polar surface area (TPSA) is 60.4 Å². The summed E-state index contributed by atoms with van der Waals surface area (Å²) in [6.07, 6.45) is 4.10. The standard InChI is InChI=1S/C9H18O4S/c1-4-5-6-7-8(9(10)13-2)14(3,11)12/h8H,4-7H2,1-3H3. The molecule has 0 spiro atoms. The average molecular weight is 222 g/mol. The molecule has 0 aliphatic heterocycles. The van der Waals surface area contributed by atoms with Gasteiger partial charge in [0.05, 0.1) is 7.11 Å². The molecule has 0 amide bonds. The van der Waals surface area contributed by atoms with Crippen LogP contribution in [0, 0.1) is 0 Å². The lowest BCUT2D eigenvalue weighted by molar-refractivity contribution is -0.140. The van der Waals surface area contributed by atoms with Crippen molar-refractivity contribution in [1.82, 2.24) is 0 Å². The van der Waals surface area contributed by atoms with Crippen molar-refractivity contribution in [3.05, 3.63) is 0 Å². The van der Waals surface area contributed by atoms with E-state index in [9.17, 15) is 13.2 Å². The van der Waals surface area contributed by atoms with E-state index in [1.807, 2.05) is 6.92 Å². The molecule has 1 unspecified atom stereocenters. The van der Waals surface area contributed by atoms with Gasteiger partial charge in [-0.25, -0.2) is 8.42 Å². The molecule has 0 heterocycles. The molecule has 0 bridgehead atoms. The van der Waals surface area contributed by atoms with Crippen molar-refractivity contribution in [3.8, 4) is 0 Å². The van der Waals surface area contributed by atoms with Crippen LogP contribution in [0.15, 0.2) is 0 Å². The second-order valence-corrected chi connectivity index (χ2v) is 5.57. The van der Waals surface area contributed by atoms with Gasteiger partial charge in [0.1, 0.15) is 0 Å². The van der Waals surface area contributed by atoms with Crippen LogP contribution in [0.25, 0.3) is 0 Å². The molecule has 1 atom stereocenters. The van der Waals surface area contributed by atoms with Crippen LogP contribution in [-0.2, 0) is 19.4 Å². The van der Waals surface area contributed by atoms with E-state index in [-0.39, 0.29) is 0 Å². The fourth-order valence-corrected chi connectivity index (χ4v) is 2.26. The number of carbonyl (C=O) groups is 1. The van der Waals surface area contributed by atoms with Gasteiger partial charge < -0.3 is 4.74 Å². The molecule has 0 saturated heterocycles. The maximum Gasteiger partial charge on any atom is 0.324 e. The van der Waals surface area contributed by atoms with Crippen molar-refractivity contribution in [2.24, 2.45) is 0 Å². The summed E-state index contributed by atoms with van der Waals surface area (Å²) in [5, 5.41) is -0.987. The van der Waals surface area contributed by atoms with Gasteiger partial charge in [-0.15, -0.1) is 0 Å². The van der Waals surface area contributed by atoms with Crippen molar-refractivity contribution in [3.63, 3.8) is 0 Å². The summed E-state index contributed by atoms with van der Waals surface area (Å²) in [5.41, 5.74) is 0. The number of sulfone groups is 1. The molecule has 0 radical (unpaired) electrons. The molecule has 0 aromatic heterocycles. The quantitative estimate of drug-likeness (QED) is 0.499. The summed E-state index contributed by atoms with van der Waals surface area (Å²) >= 11 is 0. The van der Waals surface area contributed by atoms with Crippen molar-refractivity contribution in [1.29, 1.82) is 0 Å². The third-order valence-electron chi connectivity index (χ3n) is 2.05. The van der Waals surface area contributed by atoms with E-state index < -0.39 is 21.1 Å². The Balaban J connectivity index is 4.35. The third kappa shape index (κ3) is 4.60. The molecular weight excluding hydrogens is 204 g/mol. The lowest BCUT2D eigenvalue weighted by Crippen LogP contribution is -2.30. The Bertz CT molecular complexity index is 269. The van der Waals surface area contributed by atoms with E-state index in [1.54, 1.807) is 0 Å². The molecule has 0 rings (SSSR count). The van der Waals surface area contributed by atoms with Gasteiger partial charge in [0, 0.05) is 6.26 Å². The van der Waals surface area contributed by atoms with Crippen LogP contribution in [0.2, 0.25) is 0 Å². The molecule has 0 aliphatic rings. The Morgan fingerprint density at radius 2 is 1.93 bits per heavy atom. The summed E-state index contributed by atoms with van der Waals surface area (Å²) < 4.78 is 26.9. The van der Waals surface area contributed by atoms with E-state index in [4.69, 9.17) is 0 Å². The first-order chi connectivity index (χ1) is 6.43. The molecular formula is C9H18O4S. The fraction of sp³-hybridized carbons (Fsp3) is 0.889. The lowest BCUT2D eigenvalue weighted by Gasteiger charge is -2.11. The number of methoxy groups -OCH3 is 1. The van der Waals surface area contributed by atoms with Crippen LogP contribution >= 0.6 is 0 Å². The van der Waals surface area contributed by atoms with Gasteiger partial charge in [-0.1, -0.05) is 26.2 Å². The highest BCUT2D eigenvalue weighted by Gasteiger charge is 2.28. The Hall–Kier alpha value is -0.580. The van der Waals surface area contributed by atoms with Crippen molar-refractivity contribution in [2.45, 2.75) is 37.9 Å². The normalized spacial score (nSPS) is 13.6. The average Bonchev–Trinajstić information content (AvgIpc) is 2.09. The predicted octanol–water partition coefficient (Wildman–Crippen LogP) is 1.15.